The molecule has 134 valence electrons. The number of aromatic nitrogens is 5. The van der Waals surface area contributed by atoms with Crippen molar-refractivity contribution in [1.82, 2.24) is 24.7 Å². The molecule has 1 aromatic carbocycles. The molecule has 0 bridgehead atoms. The molecule has 0 amide bonds. The van der Waals surface area contributed by atoms with E-state index in [0.717, 1.165) is 56.4 Å². The Hall–Kier alpha value is -2.96. The van der Waals surface area contributed by atoms with Crippen molar-refractivity contribution in [3.63, 3.8) is 0 Å². The largest absolute Gasteiger partial charge is 0.478 e. The Morgan fingerprint density at radius 3 is 2.65 bits per heavy atom. The fourth-order valence-electron chi connectivity index (χ4n) is 3.36. The molecule has 1 aliphatic rings. The van der Waals surface area contributed by atoms with Crippen LogP contribution in [0.3, 0.4) is 0 Å². The molecule has 1 aliphatic heterocycles. The molecule has 0 saturated heterocycles. The van der Waals surface area contributed by atoms with Crippen LogP contribution >= 0.6 is 0 Å². The second kappa shape index (κ2) is 7.51. The van der Waals surface area contributed by atoms with Crippen molar-refractivity contribution >= 4 is 5.82 Å². The number of methoxy groups -OCH3 is 1. The summed E-state index contributed by atoms with van der Waals surface area (Å²) in [6.45, 7) is 2.50. The first-order valence-corrected chi connectivity index (χ1v) is 8.90. The van der Waals surface area contributed by atoms with Gasteiger partial charge in [0.25, 0.3) is 5.88 Å². The first-order chi connectivity index (χ1) is 12.8. The summed E-state index contributed by atoms with van der Waals surface area (Å²) in [6.07, 6.45) is 6.05. The molecular weight excluding hydrogens is 328 g/mol. The van der Waals surface area contributed by atoms with Crippen LogP contribution in [0.5, 0.6) is 5.88 Å². The number of rotatable bonds is 5. The van der Waals surface area contributed by atoms with E-state index in [2.05, 4.69) is 53.9 Å². The van der Waals surface area contributed by atoms with Crippen molar-refractivity contribution < 1.29 is 4.74 Å². The average Bonchev–Trinajstić information content (AvgIpc) is 2.96. The maximum Gasteiger partial charge on any atom is 0.257 e. The molecule has 4 rings (SSSR count). The first kappa shape index (κ1) is 16.5. The van der Waals surface area contributed by atoms with E-state index < -0.39 is 0 Å². The smallest absolute Gasteiger partial charge is 0.257 e. The van der Waals surface area contributed by atoms with Gasteiger partial charge in [-0.3, -0.25) is 0 Å². The minimum Gasteiger partial charge on any atom is -0.478 e. The third-order valence-electron chi connectivity index (χ3n) is 4.72. The number of nitrogens with zero attached hydrogens (tertiary/aromatic N) is 6. The lowest BCUT2D eigenvalue weighted by Crippen LogP contribution is -2.28. The summed E-state index contributed by atoms with van der Waals surface area (Å²) in [7, 11) is 1.63. The van der Waals surface area contributed by atoms with Crippen LogP contribution in [0.25, 0.3) is 0 Å². The molecule has 0 fully saturated rings. The molecule has 0 saturated carbocycles. The molecule has 0 atom stereocenters. The lowest BCUT2D eigenvalue weighted by molar-refractivity contribution is 0.395. The highest BCUT2D eigenvalue weighted by atomic mass is 16.5. The monoisotopic (exact) mass is 350 g/mol. The van der Waals surface area contributed by atoms with Gasteiger partial charge in [0, 0.05) is 44.9 Å². The van der Waals surface area contributed by atoms with E-state index in [9.17, 15) is 0 Å². The maximum absolute atomic E-state index is 5.36. The Labute approximate surface area is 152 Å². The minimum absolute atomic E-state index is 0.564. The predicted molar refractivity (Wildman–Crippen MR) is 98.4 cm³/mol. The van der Waals surface area contributed by atoms with Crippen LogP contribution in [0, 0.1) is 0 Å². The van der Waals surface area contributed by atoms with Gasteiger partial charge in [-0.15, -0.1) is 10.2 Å². The van der Waals surface area contributed by atoms with Crippen LogP contribution in [0.4, 0.5) is 5.82 Å². The van der Waals surface area contributed by atoms with Crippen molar-refractivity contribution in [2.24, 2.45) is 0 Å². The van der Waals surface area contributed by atoms with Crippen LogP contribution in [0.15, 0.2) is 42.7 Å². The Morgan fingerprint density at radius 2 is 1.81 bits per heavy atom. The van der Waals surface area contributed by atoms with Gasteiger partial charge in [0.05, 0.1) is 7.11 Å². The molecular formula is C19H22N6O. The Kier molecular flexibility index (Phi) is 4.77. The zero-order valence-corrected chi connectivity index (χ0v) is 14.9. The highest BCUT2D eigenvalue weighted by Crippen LogP contribution is 2.24. The van der Waals surface area contributed by atoms with Crippen molar-refractivity contribution in [2.75, 3.05) is 25.1 Å². The number of anilines is 1. The number of fused-ring (bicyclic) bond motifs is 1. The van der Waals surface area contributed by atoms with Gasteiger partial charge in [-0.1, -0.05) is 30.3 Å². The van der Waals surface area contributed by atoms with Crippen LogP contribution < -0.4 is 9.64 Å². The number of hydrogen-bond donors (Lipinski definition) is 0. The fourth-order valence-corrected chi connectivity index (χ4v) is 3.36. The van der Waals surface area contributed by atoms with E-state index in [1.54, 1.807) is 19.5 Å². The van der Waals surface area contributed by atoms with E-state index >= 15 is 0 Å². The second-order valence-electron chi connectivity index (χ2n) is 6.30. The number of benzene rings is 1. The molecule has 0 radical (unpaired) electrons. The quantitative estimate of drug-likeness (QED) is 0.700. The topological polar surface area (TPSA) is 69.0 Å². The summed E-state index contributed by atoms with van der Waals surface area (Å²) in [5, 5.41) is 8.85. The Bertz CT molecular complexity index is 863. The van der Waals surface area contributed by atoms with E-state index in [-0.39, 0.29) is 0 Å². The van der Waals surface area contributed by atoms with E-state index in [1.165, 1.54) is 5.56 Å². The van der Waals surface area contributed by atoms with E-state index in [0.29, 0.717) is 5.88 Å². The highest BCUT2D eigenvalue weighted by molar-refractivity contribution is 5.48. The first-order valence-electron chi connectivity index (χ1n) is 8.90. The lowest BCUT2D eigenvalue weighted by atomic mass is 10.1. The summed E-state index contributed by atoms with van der Waals surface area (Å²) >= 11 is 0. The van der Waals surface area contributed by atoms with E-state index in [4.69, 9.17) is 4.74 Å². The summed E-state index contributed by atoms with van der Waals surface area (Å²) in [5.41, 5.74) is 1.32. The maximum atomic E-state index is 5.36. The molecule has 2 aromatic heterocycles. The molecule has 3 aromatic rings. The number of ether oxygens (including phenoxy) is 1. The summed E-state index contributed by atoms with van der Waals surface area (Å²) in [6, 6.07) is 10.5. The van der Waals surface area contributed by atoms with Gasteiger partial charge in [-0.05, 0) is 12.0 Å². The zero-order valence-electron chi connectivity index (χ0n) is 14.9. The standard InChI is InChI=1S/C19H22N6O/c1-26-19-18(20-10-11-21-19)24-12-9-17-23-22-16(25(17)14-13-24)8-7-15-5-3-2-4-6-15/h2-6,10-11H,7-9,12-14H2,1H3. The molecule has 7 nitrogen and oxygen atoms in total. The predicted octanol–water partition coefficient (Wildman–Crippen LogP) is 1.92. The van der Waals surface area contributed by atoms with Gasteiger partial charge in [-0.25, -0.2) is 9.97 Å². The third-order valence-corrected chi connectivity index (χ3v) is 4.72. The molecule has 0 spiro atoms. The zero-order chi connectivity index (χ0) is 17.8. The van der Waals surface area contributed by atoms with Gasteiger partial charge in [0.2, 0.25) is 0 Å². The molecule has 0 unspecified atom stereocenters. The number of hydrogen-bond acceptors (Lipinski definition) is 6. The van der Waals surface area contributed by atoms with Crippen molar-refractivity contribution in [3.8, 4) is 5.88 Å². The van der Waals surface area contributed by atoms with Crippen molar-refractivity contribution in [3.05, 3.63) is 59.9 Å². The second-order valence-corrected chi connectivity index (χ2v) is 6.30. The SMILES string of the molecule is COc1nccnc1N1CCc2nnc(CCc3ccccc3)n2CC1. The molecule has 3 heterocycles. The van der Waals surface area contributed by atoms with Crippen molar-refractivity contribution in [2.45, 2.75) is 25.8 Å². The van der Waals surface area contributed by atoms with Crippen LogP contribution in [0.1, 0.15) is 17.2 Å². The average molecular weight is 350 g/mol. The van der Waals surface area contributed by atoms with Crippen LogP contribution in [-0.4, -0.2) is 44.9 Å². The minimum atomic E-state index is 0.564. The lowest BCUT2D eigenvalue weighted by Gasteiger charge is -2.22. The molecule has 26 heavy (non-hydrogen) atoms. The normalized spacial score (nSPS) is 14.0. The summed E-state index contributed by atoms with van der Waals surface area (Å²) in [4.78, 5) is 10.9. The van der Waals surface area contributed by atoms with Gasteiger partial charge < -0.3 is 14.2 Å². The molecule has 0 N–H and O–H groups in total. The van der Waals surface area contributed by atoms with Crippen LogP contribution in [-0.2, 0) is 25.8 Å². The number of aryl methyl sites for hydroxylation is 2. The van der Waals surface area contributed by atoms with Gasteiger partial charge in [0.15, 0.2) is 5.82 Å². The fraction of sp³-hybridized carbons (Fsp3) is 0.368. The summed E-state index contributed by atoms with van der Waals surface area (Å²) < 4.78 is 7.61. The van der Waals surface area contributed by atoms with E-state index in [1.807, 2.05) is 6.07 Å². The molecule has 0 aliphatic carbocycles. The summed E-state index contributed by atoms with van der Waals surface area (Å²) in [5.74, 6) is 3.45. The Morgan fingerprint density at radius 1 is 0.962 bits per heavy atom. The molecule has 7 heteroatoms. The van der Waals surface area contributed by atoms with Crippen LogP contribution in [0.2, 0.25) is 0 Å². The van der Waals surface area contributed by atoms with Gasteiger partial charge in [-0.2, -0.15) is 0 Å². The Balaban J connectivity index is 1.48. The van der Waals surface area contributed by atoms with Crippen molar-refractivity contribution in [1.29, 1.82) is 0 Å². The third kappa shape index (κ3) is 3.37. The highest BCUT2D eigenvalue weighted by Gasteiger charge is 2.21. The van der Waals surface area contributed by atoms with Gasteiger partial charge >= 0.3 is 0 Å². The van der Waals surface area contributed by atoms with Gasteiger partial charge in [0.1, 0.15) is 11.6 Å².